The topological polar surface area (TPSA) is 45.1 Å². The first kappa shape index (κ1) is 9.43. The van der Waals surface area contributed by atoms with E-state index in [4.69, 9.17) is 5.11 Å². The maximum absolute atomic E-state index is 9.10. The number of thiazole rings is 1. The van der Waals surface area contributed by atoms with Crippen LogP contribution in [0.5, 0.6) is 0 Å². The number of benzene rings is 1. The second-order valence-corrected chi connectivity index (χ2v) is 4.25. The molecule has 1 aromatic heterocycles. The van der Waals surface area contributed by atoms with Crippen molar-refractivity contribution in [1.82, 2.24) is 4.98 Å². The smallest absolute Gasteiger partial charge is 0.183 e. The van der Waals surface area contributed by atoms with E-state index in [9.17, 15) is 0 Å². The molecule has 0 aliphatic rings. The van der Waals surface area contributed by atoms with E-state index in [1.165, 1.54) is 4.70 Å². The van der Waals surface area contributed by atoms with Crippen LogP contribution in [0.25, 0.3) is 10.2 Å². The predicted molar refractivity (Wildman–Crippen MR) is 59.8 cm³/mol. The van der Waals surface area contributed by atoms with Gasteiger partial charge in [-0.2, -0.15) is 0 Å². The van der Waals surface area contributed by atoms with Crippen molar-refractivity contribution in [3.63, 3.8) is 0 Å². The summed E-state index contributed by atoms with van der Waals surface area (Å²) in [6.07, 6.45) is -0.345. The quantitative estimate of drug-likeness (QED) is 0.811. The number of nitrogens with one attached hydrogen (secondary N) is 1. The van der Waals surface area contributed by atoms with Gasteiger partial charge in [0.05, 0.1) is 16.3 Å². The molecule has 0 aliphatic heterocycles. The highest BCUT2D eigenvalue weighted by Gasteiger charge is 2.02. The first-order valence-electron chi connectivity index (χ1n) is 4.53. The van der Waals surface area contributed by atoms with Gasteiger partial charge < -0.3 is 10.4 Å². The van der Waals surface area contributed by atoms with Crippen LogP contribution in [0.4, 0.5) is 5.13 Å². The average molecular weight is 208 g/mol. The van der Waals surface area contributed by atoms with Gasteiger partial charge in [0.1, 0.15) is 0 Å². The number of para-hydroxylation sites is 1. The lowest BCUT2D eigenvalue weighted by Gasteiger charge is -2.03. The summed E-state index contributed by atoms with van der Waals surface area (Å²) in [6, 6.07) is 8.00. The summed E-state index contributed by atoms with van der Waals surface area (Å²) in [5, 5.41) is 13.1. The third-order valence-corrected chi connectivity index (χ3v) is 2.84. The zero-order valence-electron chi connectivity index (χ0n) is 7.90. The first-order valence-corrected chi connectivity index (χ1v) is 5.35. The Morgan fingerprint density at radius 1 is 1.50 bits per heavy atom. The van der Waals surface area contributed by atoms with Gasteiger partial charge in [-0.05, 0) is 19.1 Å². The number of hydrogen-bond acceptors (Lipinski definition) is 4. The Hall–Kier alpha value is -1.13. The lowest BCUT2D eigenvalue weighted by molar-refractivity contribution is 0.208. The number of anilines is 1. The molecule has 0 bridgehead atoms. The molecule has 2 rings (SSSR count). The SMILES string of the molecule is CC(O)CNc1nc2ccccc2s1. The molecular weight excluding hydrogens is 196 g/mol. The minimum atomic E-state index is -0.345. The summed E-state index contributed by atoms with van der Waals surface area (Å²) in [6.45, 7) is 2.29. The standard InChI is InChI=1S/C10H12N2OS/c1-7(13)6-11-10-12-8-4-2-3-5-9(8)14-10/h2-5,7,13H,6H2,1H3,(H,11,12). The van der Waals surface area contributed by atoms with E-state index in [1.54, 1.807) is 18.3 Å². The fraction of sp³-hybridized carbons (Fsp3) is 0.300. The fourth-order valence-corrected chi connectivity index (χ4v) is 2.06. The fourth-order valence-electron chi connectivity index (χ4n) is 1.18. The number of rotatable bonds is 3. The second-order valence-electron chi connectivity index (χ2n) is 3.22. The van der Waals surface area contributed by atoms with Crippen molar-refractivity contribution in [1.29, 1.82) is 0 Å². The minimum Gasteiger partial charge on any atom is -0.392 e. The Kier molecular flexibility index (Phi) is 2.65. The van der Waals surface area contributed by atoms with Gasteiger partial charge in [-0.3, -0.25) is 0 Å². The zero-order chi connectivity index (χ0) is 9.97. The number of hydrogen-bond donors (Lipinski definition) is 2. The van der Waals surface area contributed by atoms with Gasteiger partial charge >= 0.3 is 0 Å². The molecule has 0 saturated heterocycles. The molecule has 3 nitrogen and oxygen atoms in total. The molecule has 0 spiro atoms. The Morgan fingerprint density at radius 2 is 2.29 bits per heavy atom. The molecule has 1 heterocycles. The highest BCUT2D eigenvalue weighted by molar-refractivity contribution is 7.22. The third-order valence-electron chi connectivity index (χ3n) is 1.84. The molecule has 0 fully saturated rings. The Labute approximate surface area is 86.4 Å². The molecule has 4 heteroatoms. The molecule has 2 aromatic rings. The van der Waals surface area contributed by atoms with E-state index >= 15 is 0 Å². The third kappa shape index (κ3) is 2.02. The van der Waals surface area contributed by atoms with Gasteiger partial charge in [0.25, 0.3) is 0 Å². The van der Waals surface area contributed by atoms with Crippen molar-refractivity contribution >= 4 is 26.7 Å². The van der Waals surface area contributed by atoms with E-state index < -0.39 is 0 Å². The van der Waals surface area contributed by atoms with E-state index in [1.807, 2.05) is 24.3 Å². The van der Waals surface area contributed by atoms with Crippen LogP contribution in [0.1, 0.15) is 6.92 Å². The van der Waals surface area contributed by atoms with Crippen molar-refractivity contribution < 1.29 is 5.11 Å². The number of aliphatic hydroxyl groups excluding tert-OH is 1. The van der Waals surface area contributed by atoms with Gasteiger partial charge in [-0.1, -0.05) is 23.5 Å². The highest BCUT2D eigenvalue weighted by Crippen LogP contribution is 2.24. The monoisotopic (exact) mass is 208 g/mol. The summed E-state index contributed by atoms with van der Waals surface area (Å²) in [7, 11) is 0. The van der Waals surface area contributed by atoms with E-state index in [-0.39, 0.29) is 6.10 Å². The van der Waals surface area contributed by atoms with Crippen LogP contribution in [0.15, 0.2) is 24.3 Å². The van der Waals surface area contributed by atoms with E-state index in [0.29, 0.717) is 6.54 Å². The number of aliphatic hydroxyl groups is 1. The molecule has 1 unspecified atom stereocenters. The molecule has 0 saturated carbocycles. The van der Waals surface area contributed by atoms with Crippen LogP contribution < -0.4 is 5.32 Å². The van der Waals surface area contributed by atoms with Crippen molar-refractivity contribution in [3.8, 4) is 0 Å². The molecule has 0 amide bonds. The molecule has 1 aromatic carbocycles. The second kappa shape index (κ2) is 3.94. The zero-order valence-corrected chi connectivity index (χ0v) is 8.71. The Morgan fingerprint density at radius 3 is 3.00 bits per heavy atom. The lowest BCUT2D eigenvalue weighted by Crippen LogP contribution is -2.14. The van der Waals surface area contributed by atoms with Gasteiger partial charge in [0.15, 0.2) is 5.13 Å². The Balaban J connectivity index is 2.19. The molecule has 1 atom stereocenters. The summed E-state index contributed by atoms with van der Waals surface area (Å²) in [4.78, 5) is 4.38. The van der Waals surface area contributed by atoms with Crippen molar-refractivity contribution in [2.75, 3.05) is 11.9 Å². The summed E-state index contributed by atoms with van der Waals surface area (Å²) >= 11 is 1.61. The number of nitrogens with zero attached hydrogens (tertiary/aromatic N) is 1. The maximum atomic E-state index is 9.10. The van der Waals surface area contributed by atoms with Gasteiger partial charge in [-0.25, -0.2) is 4.98 Å². The molecular formula is C10H12N2OS. The highest BCUT2D eigenvalue weighted by atomic mass is 32.1. The average Bonchev–Trinajstić information content (AvgIpc) is 2.57. The van der Waals surface area contributed by atoms with Crippen LogP contribution in [-0.4, -0.2) is 22.7 Å². The van der Waals surface area contributed by atoms with Crippen LogP contribution in [0, 0.1) is 0 Å². The van der Waals surface area contributed by atoms with Gasteiger partial charge in [0.2, 0.25) is 0 Å². The number of aromatic nitrogens is 1. The van der Waals surface area contributed by atoms with Crippen LogP contribution in [0.3, 0.4) is 0 Å². The van der Waals surface area contributed by atoms with E-state index in [2.05, 4.69) is 10.3 Å². The largest absolute Gasteiger partial charge is 0.392 e. The van der Waals surface area contributed by atoms with Gasteiger partial charge in [-0.15, -0.1) is 0 Å². The first-order chi connectivity index (χ1) is 6.75. The Bertz CT molecular complexity index is 392. The molecule has 0 aliphatic carbocycles. The minimum absolute atomic E-state index is 0.345. The normalized spacial score (nSPS) is 13.0. The maximum Gasteiger partial charge on any atom is 0.183 e. The molecule has 74 valence electrons. The van der Waals surface area contributed by atoms with Crippen molar-refractivity contribution in [2.24, 2.45) is 0 Å². The van der Waals surface area contributed by atoms with Crippen molar-refractivity contribution in [2.45, 2.75) is 13.0 Å². The van der Waals surface area contributed by atoms with Crippen LogP contribution in [-0.2, 0) is 0 Å². The molecule has 2 N–H and O–H groups in total. The van der Waals surface area contributed by atoms with E-state index in [0.717, 1.165) is 10.6 Å². The predicted octanol–water partition coefficient (Wildman–Crippen LogP) is 2.09. The lowest BCUT2D eigenvalue weighted by atomic mass is 10.3. The number of fused-ring (bicyclic) bond motifs is 1. The molecule has 0 radical (unpaired) electrons. The van der Waals surface area contributed by atoms with Crippen LogP contribution in [0.2, 0.25) is 0 Å². The molecule has 14 heavy (non-hydrogen) atoms. The summed E-state index contributed by atoms with van der Waals surface area (Å²) < 4.78 is 1.17. The van der Waals surface area contributed by atoms with Gasteiger partial charge in [0, 0.05) is 6.54 Å². The van der Waals surface area contributed by atoms with Crippen LogP contribution >= 0.6 is 11.3 Å². The summed E-state index contributed by atoms with van der Waals surface area (Å²) in [5.41, 5.74) is 1.01. The summed E-state index contributed by atoms with van der Waals surface area (Å²) in [5.74, 6) is 0. The van der Waals surface area contributed by atoms with Crippen molar-refractivity contribution in [3.05, 3.63) is 24.3 Å².